The highest BCUT2D eigenvalue weighted by molar-refractivity contribution is 6.05. The Morgan fingerprint density at radius 1 is 1.07 bits per heavy atom. The first kappa shape index (κ1) is 18.0. The minimum absolute atomic E-state index is 0.0890. The summed E-state index contributed by atoms with van der Waals surface area (Å²) < 4.78 is 0. The number of H-pyrrole nitrogens is 1. The van der Waals surface area contributed by atoms with Crippen LogP contribution in [0.5, 0.6) is 0 Å². The lowest BCUT2D eigenvalue weighted by Gasteiger charge is -2.36. The molecule has 2 amide bonds. The molecule has 1 fully saturated rings. The van der Waals surface area contributed by atoms with Gasteiger partial charge in [0.1, 0.15) is 11.9 Å². The van der Waals surface area contributed by atoms with E-state index < -0.39 is 6.04 Å². The summed E-state index contributed by atoms with van der Waals surface area (Å²) in [5.41, 5.74) is 1.09. The van der Waals surface area contributed by atoms with E-state index in [9.17, 15) is 9.59 Å². The minimum Gasteiger partial charge on any atom is -0.353 e. The quantitative estimate of drug-likeness (QED) is 0.716. The van der Waals surface area contributed by atoms with Gasteiger partial charge in [0.25, 0.3) is 5.91 Å². The van der Waals surface area contributed by atoms with Crippen molar-refractivity contribution in [1.29, 1.82) is 0 Å². The Bertz CT molecular complexity index is 979. The third kappa shape index (κ3) is 3.53. The SMILES string of the molecule is C[C@@H](NC(=O)c1n[nH]c2ccccc12)C(=O)N1CCN(c2ccccn2)CC1. The van der Waals surface area contributed by atoms with Gasteiger partial charge in [0.05, 0.1) is 5.52 Å². The lowest BCUT2D eigenvalue weighted by atomic mass is 10.2. The van der Waals surface area contributed by atoms with Crippen LogP contribution in [-0.2, 0) is 4.79 Å². The van der Waals surface area contributed by atoms with E-state index in [1.807, 2.05) is 42.5 Å². The van der Waals surface area contributed by atoms with Gasteiger partial charge in [-0.1, -0.05) is 24.3 Å². The second-order valence-electron chi connectivity index (χ2n) is 6.81. The maximum absolute atomic E-state index is 12.8. The van der Waals surface area contributed by atoms with E-state index in [4.69, 9.17) is 0 Å². The molecule has 144 valence electrons. The number of aromatic amines is 1. The van der Waals surface area contributed by atoms with Crippen LogP contribution in [0, 0.1) is 0 Å². The van der Waals surface area contributed by atoms with E-state index >= 15 is 0 Å². The van der Waals surface area contributed by atoms with Crippen LogP contribution in [0.4, 0.5) is 5.82 Å². The van der Waals surface area contributed by atoms with E-state index in [1.165, 1.54) is 0 Å². The number of carbonyl (C=O) groups excluding carboxylic acids is 2. The lowest BCUT2D eigenvalue weighted by molar-refractivity contribution is -0.133. The largest absolute Gasteiger partial charge is 0.353 e. The van der Waals surface area contributed by atoms with Gasteiger partial charge >= 0.3 is 0 Å². The van der Waals surface area contributed by atoms with Gasteiger partial charge in [-0.15, -0.1) is 0 Å². The molecule has 1 atom stereocenters. The van der Waals surface area contributed by atoms with Gasteiger partial charge in [-0.05, 0) is 25.1 Å². The Morgan fingerprint density at radius 2 is 1.82 bits per heavy atom. The van der Waals surface area contributed by atoms with E-state index in [0.29, 0.717) is 31.9 Å². The molecule has 1 aliphatic rings. The van der Waals surface area contributed by atoms with E-state index in [0.717, 1.165) is 16.7 Å². The number of benzene rings is 1. The van der Waals surface area contributed by atoms with Crippen molar-refractivity contribution in [2.24, 2.45) is 0 Å². The maximum atomic E-state index is 12.8. The summed E-state index contributed by atoms with van der Waals surface area (Å²) in [5, 5.41) is 10.4. The van der Waals surface area contributed by atoms with Crippen LogP contribution in [0.25, 0.3) is 10.9 Å². The summed E-state index contributed by atoms with van der Waals surface area (Å²) in [6, 6.07) is 12.6. The molecule has 1 aliphatic heterocycles. The number of fused-ring (bicyclic) bond motifs is 1. The van der Waals surface area contributed by atoms with Gasteiger partial charge in [-0.3, -0.25) is 14.7 Å². The summed E-state index contributed by atoms with van der Waals surface area (Å²) in [7, 11) is 0. The van der Waals surface area contributed by atoms with Crippen LogP contribution >= 0.6 is 0 Å². The Labute approximate surface area is 162 Å². The van der Waals surface area contributed by atoms with Gasteiger partial charge in [0, 0.05) is 37.8 Å². The number of pyridine rings is 1. The molecule has 0 aliphatic carbocycles. The molecule has 28 heavy (non-hydrogen) atoms. The Balaban J connectivity index is 1.35. The number of hydrogen-bond acceptors (Lipinski definition) is 5. The van der Waals surface area contributed by atoms with Crippen molar-refractivity contribution in [1.82, 2.24) is 25.4 Å². The average Bonchev–Trinajstić information content (AvgIpc) is 3.18. The lowest BCUT2D eigenvalue weighted by Crippen LogP contribution is -2.54. The number of carbonyl (C=O) groups is 2. The van der Waals surface area contributed by atoms with Gasteiger partial charge in [0.15, 0.2) is 5.69 Å². The predicted octanol–water partition coefficient (Wildman–Crippen LogP) is 1.42. The van der Waals surface area contributed by atoms with Crippen LogP contribution in [0.3, 0.4) is 0 Å². The van der Waals surface area contributed by atoms with Crippen molar-refractivity contribution < 1.29 is 9.59 Å². The van der Waals surface area contributed by atoms with E-state index in [1.54, 1.807) is 18.0 Å². The molecule has 2 N–H and O–H groups in total. The molecule has 1 aromatic carbocycles. The van der Waals surface area contributed by atoms with Crippen molar-refractivity contribution in [2.75, 3.05) is 31.1 Å². The van der Waals surface area contributed by atoms with Crippen LogP contribution in [0.2, 0.25) is 0 Å². The number of amides is 2. The molecule has 2 aromatic heterocycles. The van der Waals surface area contributed by atoms with Crippen LogP contribution in [-0.4, -0.2) is 64.1 Å². The van der Waals surface area contributed by atoms with E-state index in [-0.39, 0.29) is 11.8 Å². The first-order valence-electron chi connectivity index (χ1n) is 9.32. The van der Waals surface area contributed by atoms with Crippen molar-refractivity contribution in [3.63, 3.8) is 0 Å². The molecule has 3 heterocycles. The topological polar surface area (TPSA) is 94.2 Å². The van der Waals surface area contributed by atoms with Crippen LogP contribution in [0.15, 0.2) is 48.7 Å². The molecular formula is C20H22N6O2. The summed E-state index contributed by atoms with van der Waals surface area (Å²) in [6.45, 7) is 4.34. The molecule has 0 radical (unpaired) electrons. The number of nitrogens with zero attached hydrogens (tertiary/aromatic N) is 4. The molecule has 1 saturated heterocycles. The maximum Gasteiger partial charge on any atom is 0.273 e. The normalized spacial score (nSPS) is 15.5. The van der Waals surface area contributed by atoms with Crippen LogP contribution < -0.4 is 10.2 Å². The van der Waals surface area contributed by atoms with E-state index in [2.05, 4.69) is 25.4 Å². The van der Waals surface area contributed by atoms with Crippen LogP contribution in [0.1, 0.15) is 17.4 Å². The molecule has 0 saturated carbocycles. The van der Waals surface area contributed by atoms with Crippen molar-refractivity contribution >= 4 is 28.5 Å². The fraction of sp³-hybridized carbons (Fsp3) is 0.300. The van der Waals surface area contributed by atoms with Crippen molar-refractivity contribution in [2.45, 2.75) is 13.0 Å². The molecule has 8 heteroatoms. The third-order valence-corrected chi connectivity index (χ3v) is 4.97. The first-order chi connectivity index (χ1) is 13.6. The summed E-state index contributed by atoms with van der Waals surface area (Å²) in [4.78, 5) is 33.6. The highest BCUT2D eigenvalue weighted by Crippen LogP contribution is 2.16. The first-order valence-corrected chi connectivity index (χ1v) is 9.32. The zero-order valence-electron chi connectivity index (χ0n) is 15.6. The van der Waals surface area contributed by atoms with Gasteiger partial charge in [-0.2, -0.15) is 5.10 Å². The number of aromatic nitrogens is 3. The second-order valence-corrected chi connectivity index (χ2v) is 6.81. The summed E-state index contributed by atoms with van der Waals surface area (Å²) in [5.74, 6) is 0.473. The molecule has 0 spiro atoms. The zero-order chi connectivity index (χ0) is 19.5. The highest BCUT2D eigenvalue weighted by Gasteiger charge is 2.27. The highest BCUT2D eigenvalue weighted by atomic mass is 16.2. The second kappa shape index (κ2) is 7.67. The smallest absolute Gasteiger partial charge is 0.273 e. The number of nitrogens with one attached hydrogen (secondary N) is 2. The average molecular weight is 378 g/mol. The standard InChI is InChI=1S/C20H22N6O2/c1-14(22-19(27)18-15-6-2-3-7-16(15)23-24-18)20(28)26-12-10-25(11-13-26)17-8-4-5-9-21-17/h2-9,14H,10-13H2,1H3,(H,22,27)(H,23,24)/t14-/m1/s1. The fourth-order valence-corrected chi connectivity index (χ4v) is 3.43. The molecule has 8 nitrogen and oxygen atoms in total. The number of para-hydroxylation sites is 1. The van der Waals surface area contributed by atoms with Crippen molar-refractivity contribution in [3.05, 3.63) is 54.4 Å². The zero-order valence-corrected chi connectivity index (χ0v) is 15.6. The molecule has 4 rings (SSSR count). The Hall–Kier alpha value is -3.42. The predicted molar refractivity (Wildman–Crippen MR) is 106 cm³/mol. The number of piperazine rings is 1. The van der Waals surface area contributed by atoms with Gasteiger partial charge in [0.2, 0.25) is 5.91 Å². The van der Waals surface area contributed by atoms with Gasteiger partial charge < -0.3 is 15.1 Å². The summed E-state index contributed by atoms with van der Waals surface area (Å²) >= 11 is 0. The summed E-state index contributed by atoms with van der Waals surface area (Å²) in [6.07, 6.45) is 1.77. The van der Waals surface area contributed by atoms with Crippen molar-refractivity contribution in [3.8, 4) is 0 Å². The fourth-order valence-electron chi connectivity index (χ4n) is 3.43. The molecular weight excluding hydrogens is 356 g/mol. The Kier molecular flexibility index (Phi) is 4.92. The van der Waals surface area contributed by atoms with Gasteiger partial charge in [-0.25, -0.2) is 4.98 Å². The molecule has 0 bridgehead atoms. The third-order valence-electron chi connectivity index (χ3n) is 4.97. The number of anilines is 1. The molecule has 0 unspecified atom stereocenters. The Morgan fingerprint density at radius 3 is 2.57 bits per heavy atom. The number of hydrogen-bond donors (Lipinski definition) is 2. The monoisotopic (exact) mass is 378 g/mol. The minimum atomic E-state index is -0.621. The molecule has 3 aromatic rings. The number of rotatable bonds is 4.